The summed E-state index contributed by atoms with van der Waals surface area (Å²) in [6, 6.07) is 18.0. The van der Waals surface area contributed by atoms with Crippen molar-refractivity contribution in [3.8, 4) is 11.8 Å². The second-order valence-electron chi connectivity index (χ2n) is 3.62. The van der Waals surface area contributed by atoms with Gasteiger partial charge in [0.15, 0.2) is 0 Å². The van der Waals surface area contributed by atoms with Gasteiger partial charge in [0.1, 0.15) is 0 Å². The molecule has 0 saturated heterocycles. The van der Waals surface area contributed by atoms with Crippen molar-refractivity contribution in [2.75, 3.05) is 0 Å². The van der Waals surface area contributed by atoms with Crippen molar-refractivity contribution in [1.82, 2.24) is 0 Å². The summed E-state index contributed by atoms with van der Waals surface area (Å²) in [7, 11) is 0. The molecule has 0 aromatic heterocycles. The summed E-state index contributed by atoms with van der Waals surface area (Å²) >= 11 is 6.83. The first-order valence-electron chi connectivity index (χ1n) is 5.43. The number of hydrogen-bond donors (Lipinski definition) is 0. The van der Waals surface area contributed by atoms with Gasteiger partial charge in [0.05, 0.1) is 0 Å². The molecule has 18 heavy (non-hydrogen) atoms. The van der Waals surface area contributed by atoms with E-state index in [0.717, 1.165) is 21.2 Å². The van der Waals surface area contributed by atoms with Gasteiger partial charge < -0.3 is 0 Å². The Labute approximate surface area is 124 Å². The molecule has 0 N–H and O–H groups in total. The van der Waals surface area contributed by atoms with E-state index in [1.54, 1.807) is 0 Å². The average Bonchev–Trinajstić information content (AvgIpc) is 2.45. The van der Waals surface area contributed by atoms with Crippen LogP contribution in [0.25, 0.3) is 4.48 Å². The molecule has 88 valence electrons. The largest absolute Gasteiger partial charge is 0.0622 e. The first kappa shape index (κ1) is 13.1. The Hall–Kier alpha value is -1.30. The molecule has 0 bridgehead atoms. The van der Waals surface area contributed by atoms with E-state index >= 15 is 0 Å². The van der Waals surface area contributed by atoms with Gasteiger partial charge in [-0.25, -0.2) is 0 Å². The summed E-state index contributed by atoms with van der Waals surface area (Å²) in [5.74, 6) is 6.37. The Bertz CT molecular complexity index is 616. The van der Waals surface area contributed by atoms with Gasteiger partial charge in [-0.05, 0) is 39.1 Å². The maximum absolute atomic E-state index is 3.51. The molecule has 0 radical (unpaired) electrons. The van der Waals surface area contributed by atoms with Crippen LogP contribution in [0, 0.1) is 11.8 Å². The third kappa shape index (κ3) is 3.35. The molecule has 0 amide bonds. The fraction of sp³-hybridized carbons (Fsp3) is 0. The van der Waals surface area contributed by atoms with E-state index < -0.39 is 0 Å². The molecule has 0 heterocycles. The highest BCUT2D eigenvalue weighted by Gasteiger charge is 2.01. The van der Waals surface area contributed by atoms with Crippen LogP contribution in [0.1, 0.15) is 16.7 Å². The van der Waals surface area contributed by atoms with Crippen LogP contribution in [-0.2, 0) is 0 Å². The van der Waals surface area contributed by atoms with E-state index in [1.807, 2.05) is 59.6 Å². The summed E-state index contributed by atoms with van der Waals surface area (Å²) in [6.07, 6.45) is 0. The summed E-state index contributed by atoms with van der Waals surface area (Å²) in [4.78, 5) is 1.84. The van der Waals surface area contributed by atoms with Crippen LogP contribution in [0.5, 0.6) is 0 Å². The zero-order valence-electron chi connectivity index (χ0n) is 9.53. The van der Waals surface area contributed by atoms with Gasteiger partial charge in [0.2, 0.25) is 0 Å². The van der Waals surface area contributed by atoms with Crippen LogP contribution in [0.15, 0.2) is 59.6 Å². The Morgan fingerprint density at radius 2 is 1.56 bits per heavy atom. The van der Waals surface area contributed by atoms with Crippen LogP contribution < -0.4 is 0 Å². The molecule has 0 nitrogen and oxygen atoms in total. The zero-order valence-corrected chi connectivity index (χ0v) is 12.7. The van der Waals surface area contributed by atoms with E-state index in [9.17, 15) is 0 Å². The highest BCUT2D eigenvalue weighted by molar-refractivity contribution is 9.16. The van der Waals surface area contributed by atoms with Crippen molar-refractivity contribution in [3.63, 3.8) is 0 Å². The minimum atomic E-state index is 0.987. The highest BCUT2D eigenvalue weighted by Crippen LogP contribution is 2.25. The minimum absolute atomic E-state index is 0.987. The fourth-order valence-electron chi connectivity index (χ4n) is 1.52. The van der Waals surface area contributed by atoms with Crippen molar-refractivity contribution in [1.29, 1.82) is 0 Å². The summed E-state index contributed by atoms with van der Waals surface area (Å²) in [5, 5.41) is 0. The first-order chi connectivity index (χ1) is 8.81. The van der Waals surface area contributed by atoms with E-state index in [4.69, 9.17) is 0 Å². The van der Waals surface area contributed by atoms with E-state index in [2.05, 4.69) is 43.7 Å². The van der Waals surface area contributed by atoms with Crippen LogP contribution >= 0.6 is 31.9 Å². The fourth-order valence-corrected chi connectivity index (χ4v) is 2.11. The van der Waals surface area contributed by atoms with Crippen LogP contribution in [0.2, 0.25) is 0 Å². The third-order valence-electron chi connectivity index (χ3n) is 2.40. The topological polar surface area (TPSA) is 0 Å². The molecule has 0 atom stereocenters. The molecule has 0 aliphatic heterocycles. The second-order valence-corrected chi connectivity index (χ2v) is 4.93. The average molecular weight is 362 g/mol. The summed E-state index contributed by atoms with van der Waals surface area (Å²) in [6.45, 7) is 0. The van der Waals surface area contributed by atoms with Gasteiger partial charge in [0, 0.05) is 21.2 Å². The van der Waals surface area contributed by atoms with Gasteiger partial charge in [0.25, 0.3) is 0 Å². The van der Waals surface area contributed by atoms with Crippen molar-refractivity contribution in [2.24, 2.45) is 0 Å². The Balaban J connectivity index is 2.39. The molecule has 2 heteroatoms. The molecular formula is C16H10Br2. The molecule has 0 unspecified atom stereocenters. The summed E-state index contributed by atoms with van der Waals surface area (Å²) in [5.41, 5.74) is 3.10. The molecule has 0 saturated carbocycles. The molecular weight excluding hydrogens is 352 g/mol. The van der Waals surface area contributed by atoms with Gasteiger partial charge in [-0.1, -0.05) is 64.2 Å². The Morgan fingerprint density at radius 3 is 2.28 bits per heavy atom. The lowest BCUT2D eigenvalue weighted by molar-refractivity contribution is 1.59. The van der Waals surface area contributed by atoms with Gasteiger partial charge >= 0.3 is 0 Å². The first-order valence-corrected chi connectivity index (χ1v) is 7.14. The molecule has 0 aliphatic rings. The predicted molar refractivity (Wildman–Crippen MR) is 84.7 cm³/mol. The normalized spacial score (nSPS) is 10.7. The van der Waals surface area contributed by atoms with E-state index in [-0.39, 0.29) is 0 Å². The standard InChI is InChI=1S/C16H10Br2/c17-12-16(18)15-9-5-4-8-14(15)11-10-13-6-2-1-3-7-13/h1-9,12H. The quantitative estimate of drug-likeness (QED) is 0.614. The number of halogens is 2. The molecule has 2 aromatic rings. The van der Waals surface area contributed by atoms with Crippen molar-refractivity contribution >= 4 is 36.3 Å². The minimum Gasteiger partial charge on any atom is -0.0622 e. The van der Waals surface area contributed by atoms with Crippen LogP contribution in [0.3, 0.4) is 0 Å². The van der Waals surface area contributed by atoms with Gasteiger partial charge in [-0.15, -0.1) is 0 Å². The van der Waals surface area contributed by atoms with Crippen molar-refractivity contribution in [3.05, 3.63) is 76.3 Å². The second kappa shape index (κ2) is 6.58. The number of hydrogen-bond acceptors (Lipinski definition) is 0. The maximum Gasteiger partial charge on any atom is 0.0332 e. The molecule has 2 rings (SSSR count). The molecule has 0 spiro atoms. The van der Waals surface area contributed by atoms with Crippen molar-refractivity contribution < 1.29 is 0 Å². The SMILES string of the molecule is BrC=C(Br)c1ccccc1C#Cc1ccccc1. The van der Waals surface area contributed by atoms with E-state index in [1.165, 1.54) is 0 Å². The molecule has 0 aliphatic carbocycles. The smallest absolute Gasteiger partial charge is 0.0332 e. The maximum atomic E-state index is 3.51. The van der Waals surface area contributed by atoms with Crippen LogP contribution in [-0.4, -0.2) is 0 Å². The van der Waals surface area contributed by atoms with Gasteiger partial charge in [-0.3, -0.25) is 0 Å². The van der Waals surface area contributed by atoms with Crippen LogP contribution in [0.4, 0.5) is 0 Å². The monoisotopic (exact) mass is 360 g/mol. The van der Waals surface area contributed by atoms with E-state index in [0.29, 0.717) is 0 Å². The predicted octanol–water partition coefficient (Wildman–Crippen LogP) is 5.17. The molecule has 2 aromatic carbocycles. The zero-order chi connectivity index (χ0) is 12.8. The van der Waals surface area contributed by atoms with Crippen molar-refractivity contribution in [2.45, 2.75) is 0 Å². The molecule has 0 fully saturated rings. The lowest BCUT2D eigenvalue weighted by Gasteiger charge is -2.01. The highest BCUT2D eigenvalue weighted by atomic mass is 79.9. The third-order valence-corrected chi connectivity index (χ3v) is 4.12. The Kier molecular flexibility index (Phi) is 4.81. The lowest BCUT2D eigenvalue weighted by atomic mass is 10.1. The Morgan fingerprint density at radius 1 is 0.889 bits per heavy atom. The number of rotatable bonds is 1. The number of benzene rings is 2. The lowest BCUT2D eigenvalue weighted by Crippen LogP contribution is -1.84. The van der Waals surface area contributed by atoms with Gasteiger partial charge in [-0.2, -0.15) is 0 Å². The summed E-state index contributed by atoms with van der Waals surface area (Å²) < 4.78 is 0.987.